The number of carbonyl (C=O) groups is 1. The molecule has 2 aromatic rings. The molecule has 4 nitrogen and oxygen atoms in total. The first-order chi connectivity index (χ1) is 9.67. The molecule has 0 fully saturated rings. The first-order valence-electron chi connectivity index (χ1n) is 6.58. The number of aromatic carboxylic acids is 1. The molecular formula is C15H17NO3S. The van der Waals surface area contributed by atoms with Crippen LogP contribution in [0.2, 0.25) is 0 Å². The van der Waals surface area contributed by atoms with Crippen molar-refractivity contribution >= 4 is 17.3 Å². The smallest absolute Gasteiger partial charge is 0.348 e. The lowest BCUT2D eigenvalue weighted by Crippen LogP contribution is -2.02. The van der Waals surface area contributed by atoms with E-state index in [1.165, 1.54) is 11.3 Å². The van der Waals surface area contributed by atoms with E-state index < -0.39 is 5.97 Å². The molecular weight excluding hydrogens is 274 g/mol. The van der Waals surface area contributed by atoms with E-state index in [0.29, 0.717) is 12.3 Å². The monoisotopic (exact) mass is 291 g/mol. The number of rotatable bonds is 6. The van der Waals surface area contributed by atoms with Crippen LogP contribution in [0.1, 0.15) is 41.1 Å². The van der Waals surface area contributed by atoms with E-state index in [4.69, 9.17) is 4.74 Å². The third kappa shape index (κ3) is 3.05. The molecule has 1 N–H and O–H groups in total. The highest BCUT2D eigenvalue weighted by Crippen LogP contribution is 2.33. The Balaban J connectivity index is 2.46. The molecule has 5 heteroatoms. The summed E-state index contributed by atoms with van der Waals surface area (Å²) in [5, 5.41) is 10.1. The van der Waals surface area contributed by atoms with Gasteiger partial charge in [0.05, 0.1) is 5.69 Å². The summed E-state index contributed by atoms with van der Waals surface area (Å²) in [6, 6.07) is 9.38. The molecule has 106 valence electrons. The van der Waals surface area contributed by atoms with Gasteiger partial charge in [-0.1, -0.05) is 37.3 Å². The summed E-state index contributed by atoms with van der Waals surface area (Å²) in [4.78, 5) is 16.2. The van der Waals surface area contributed by atoms with Crippen LogP contribution in [0.3, 0.4) is 0 Å². The molecule has 20 heavy (non-hydrogen) atoms. The maximum absolute atomic E-state index is 11.4. The molecule has 0 amide bonds. The Morgan fingerprint density at radius 2 is 2.05 bits per heavy atom. The van der Waals surface area contributed by atoms with Crippen LogP contribution < -0.4 is 0 Å². The number of nitrogens with zero attached hydrogens (tertiary/aromatic N) is 1. The van der Waals surface area contributed by atoms with Gasteiger partial charge in [-0.15, -0.1) is 11.3 Å². The van der Waals surface area contributed by atoms with Gasteiger partial charge in [0, 0.05) is 12.2 Å². The maximum atomic E-state index is 11.4. The highest BCUT2D eigenvalue weighted by Gasteiger charge is 2.22. The number of aromatic nitrogens is 1. The highest BCUT2D eigenvalue weighted by molar-refractivity contribution is 7.14. The van der Waals surface area contributed by atoms with Crippen LogP contribution in [0.15, 0.2) is 30.3 Å². The van der Waals surface area contributed by atoms with Crippen LogP contribution >= 0.6 is 11.3 Å². The SMILES string of the molecule is CCOC(CC)c1nc(-c2ccccc2)c(C(=O)O)s1. The molecule has 0 spiro atoms. The predicted octanol–water partition coefficient (Wildman–Crippen LogP) is 4.00. The number of carboxylic acid groups (broad SMARTS) is 1. The molecule has 1 unspecified atom stereocenters. The average Bonchev–Trinajstić information content (AvgIpc) is 2.91. The minimum atomic E-state index is -0.945. The van der Waals surface area contributed by atoms with E-state index in [9.17, 15) is 9.90 Å². The summed E-state index contributed by atoms with van der Waals surface area (Å²) in [6.45, 7) is 4.51. The van der Waals surface area contributed by atoms with Gasteiger partial charge in [-0.25, -0.2) is 9.78 Å². The second-order valence-corrected chi connectivity index (χ2v) is 5.28. The zero-order chi connectivity index (χ0) is 14.5. The van der Waals surface area contributed by atoms with Gasteiger partial charge in [0.15, 0.2) is 0 Å². The summed E-state index contributed by atoms with van der Waals surface area (Å²) >= 11 is 1.20. The first kappa shape index (κ1) is 14.7. The quantitative estimate of drug-likeness (QED) is 0.874. The minimum absolute atomic E-state index is 0.138. The molecule has 0 saturated carbocycles. The molecule has 0 aliphatic carbocycles. The van der Waals surface area contributed by atoms with Crippen LogP contribution in [0, 0.1) is 0 Å². The fourth-order valence-electron chi connectivity index (χ4n) is 1.98. The van der Waals surface area contributed by atoms with E-state index in [1.807, 2.05) is 44.2 Å². The molecule has 0 bridgehead atoms. The van der Waals surface area contributed by atoms with Gasteiger partial charge in [0.1, 0.15) is 16.0 Å². The zero-order valence-electron chi connectivity index (χ0n) is 11.5. The number of ether oxygens (including phenoxy) is 1. The lowest BCUT2D eigenvalue weighted by Gasteiger charge is -2.11. The maximum Gasteiger partial charge on any atom is 0.348 e. The summed E-state index contributed by atoms with van der Waals surface area (Å²) in [5.74, 6) is -0.945. The number of thiazole rings is 1. The summed E-state index contributed by atoms with van der Waals surface area (Å²) in [7, 11) is 0. The average molecular weight is 291 g/mol. The second-order valence-electron chi connectivity index (χ2n) is 4.25. The lowest BCUT2D eigenvalue weighted by atomic mass is 10.1. The number of benzene rings is 1. The van der Waals surface area contributed by atoms with Gasteiger partial charge in [-0.05, 0) is 13.3 Å². The molecule has 0 aliphatic rings. The van der Waals surface area contributed by atoms with Crippen molar-refractivity contribution in [2.24, 2.45) is 0 Å². The fourth-order valence-corrected chi connectivity index (χ4v) is 3.04. The molecule has 1 aromatic heterocycles. The first-order valence-corrected chi connectivity index (χ1v) is 7.40. The van der Waals surface area contributed by atoms with Crippen molar-refractivity contribution in [3.05, 3.63) is 40.2 Å². The Hall–Kier alpha value is -1.72. The summed E-state index contributed by atoms with van der Waals surface area (Å²) in [5.41, 5.74) is 1.34. The van der Waals surface area contributed by atoms with E-state index >= 15 is 0 Å². The Labute approximate surface area is 122 Å². The topological polar surface area (TPSA) is 59.4 Å². The number of hydrogen-bond donors (Lipinski definition) is 1. The Kier molecular flexibility index (Phi) is 4.87. The lowest BCUT2D eigenvalue weighted by molar-refractivity contribution is 0.0597. The van der Waals surface area contributed by atoms with Crippen molar-refractivity contribution in [1.29, 1.82) is 0 Å². The largest absolute Gasteiger partial charge is 0.477 e. The van der Waals surface area contributed by atoms with Crippen molar-refractivity contribution in [2.45, 2.75) is 26.4 Å². The van der Waals surface area contributed by atoms with Crippen molar-refractivity contribution in [3.63, 3.8) is 0 Å². The predicted molar refractivity (Wildman–Crippen MR) is 79.2 cm³/mol. The van der Waals surface area contributed by atoms with Crippen molar-refractivity contribution in [3.8, 4) is 11.3 Å². The number of carboxylic acids is 1. The molecule has 0 saturated heterocycles. The van der Waals surface area contributed by atoms with Crippen LogP contribution in [0.25, 0.3) is 11.3 Å². The second kappa shape index (κ2) is 6.63. The standard InChI is InChI=1S/C15H17NO3S/c1-3-11(19-4-2)14-16-12(13(20-14)15(17)18)10-8-6-5-7-9-10/h5-9,11H,3-4H2,1-2H3,(H,17,18). The minimum Gasteiger partial charge on any atom is -0.477 e. The molecule has 1 aromatic carbocycles. The van der Waals surface area contributed by atoms with Gasteiger partial charge in [-0.3, -0.25) is 0 Å². The van der Waals surface area contributed by atoms with E-state index in [-0.39, 0.29) is 11.0 Å². The Morgan fingerprint density at radius 1 is 1.35 bits per heavy atom. The molecule has 1 heterocycles. The van der Waals surface area contributed by atoms with Crippen LogP contribution in [0.4, 0.5) is 0 Å². The Morgan fingerprint density at radius 3 is 2.60 bits per heavy atom. The normalized spacial score (nSPS) is 12.3. The fraction of sp³-hybridized carbons (Fsp3) is 0.333. The molecule has 1 atom stereocenters. The van der Waals surface area contributed by atoms with Gasteiger partial charge >= 0.3 is 5.97 Å². The van der Waals surface area contributed by atoms with Crippen LogP contribution in [0.5, 0.6) is 0 Å². The van der Waals surface area contributed by atoms with Crippen molar-refractivity contribution in [2.75, 3.05) is 6.61 Å². The van der Waals surface area contributed by atoms with Gasteiger partial charge in [0.2, 0.25) is 0 Å². The third-order valence-electron chi connectivity index (χ3n) is 2.90. The van der Waals surface area contributed by atoms with E-state index in [1.54, 1.807) is 0 Å². The van der Waals surface area contributed by atoms with Gasteiger partial charge < -0.3 is 9.84 Å². The van der Waals surface area contributed by atoms with Gasteiger partial charge in [-0.2, -0.15) is 0 Å². The molecule has 2 rings (SSSR count). The van der Waals surface area contributed by atoms with E-state index in [2.05, 4.69) is 4.98 Å². The van der Waals surface area contributed by atoms with Crippen molar-refractivity contribution in [1.82, 2.24) is 4.98 Å². The number of hydrogen-bond acceptors (Lipinski definition) is 4. The Bertz CT molecular complexity index is 580. The zero-order valence-corrected chi connectivity index (χ0v) is 12.3. The summed E-state index contributed by atoms with van der Waals surface area (Å²) in [6.07, 6.45) is 0.634. The van der Waals surface area contributed by atoms with Crippen molar-refractivity contribution < 1.29 is 14.6 Å². The molecule has 0 aliphatic heterocycles. The highest BCUT2D eigenvalue weighted by atomic mass is 32.1. The van der Waals surface area contributed by atoms with Crippen LogP contribution in [-0.4, -0.2) is 22.7 Å². The molecule has 0 radical (unpaired) electrons. The summed E-state index contributed by atoms with van der Waals surface area (Å²) < 4.78 is 5.62. The van der Waals surface area contributed by atoms with Gasteiger partial charge in [0.25, 0.3) is 0 Å². The van der Waals surface area contributed by atoms with Crippen LogP contribution in [-0.2, 0) is 4.74 Å². The van der Waals surface area contributed by atoms with E-state index in [0.717, 1.165) is 17.0 Å². The third-order valence-corrected chi connectivity index (χ3v) is 4.03.